The van der Waals surface area contributed by atoms with Gasteiger partial charge in [-0.1, -0.05) is 43.7 Å². The van der Waals surface area contributed by atoms with Crippen molar-refractivity contribution in [1.82, 2.24) is 9.97 Å². The molecule has 5 heteroatoms. The number of nitrogens with zero attached hydrogens (tertiary/aromatic N) is 2. The molecule has 0 unspecified atom stereocenters. The normalized spacial score (nSPS) is 10.3. The van der Waals surface area contributed by atoms with E-state index in [0.717, 1.165) is 48.2 Å². The topological polar surface area (TPSA) is 59.1 Å². The Kier molecular flexibility index (Phi) is 5.82. The van der Waals surface area contributed by atoms with Crippen molar-refractivity contribution in [2.24, 2.45) is 0 Å². The Hall–Kier alpha value is -3.08. The lowest BCUT2D eigenvalue weighted by atomic mass is 10.3. The number of nitrogens with one attached hydrogen (secondary N) is 2. The summed E-state index contributed by atoms with van der Waals surface area (Å²) >= 11 is 0. The minimum absolute atomic E-state index is 0.720. The second kappa shape index (κ2) is 8.68. The van der Waals surface area contributed by atoms with E-state index < -0.39 is 0 Å². The third-order valence-corrected chi connectivity index (χ3v) is 3.62. The first-order chi connectivity index (χ1) is 12.3. The highest BCUT2D eigenvalue weighted by Crippen LogP contribution is 2.31. The summed E-state index contributed by atoms with van der Waals surface area (Å²) in [5, 5.41) is 6.61. The predicted octanol–water partition coefficient (Wildman–Crippen LogP) is 5.22. The standard InChI is InChI=1S/C20H22N4O/c1-2-3-13-21-19-14-20(23-15-22-19)24-17-11-7-8-12-18(17)25-16-9-5-4-6-10-16/h4-12,14-15H,2-3,13H2,1H3,(H2,21,22,23,24). The Labute approximate surface area is 148 Å². The van der Waals surface area contributed by atoms with E-state index >= 15 is 0 Å². The maximum Gasteiger partial charge on any atom is 0.150 e. The molecule has 0 radical (unpaired) electrons. The zero-order chi connectivity index (χ0) is 17.3. The molecule has 3 aromatic rings. The monoisotopic (exact) mass is 334 g/mol. The van der Waals surface area contributed by atoms with E-state index in [1.54, 1.807) is 6.33 Å². The molecule has 25 heavy (non-hydrogen) atoms. The molecule has 1 heterocycles. The molecule has 0 saturated heterocycles. The number of anilines is 3. The zero-order valence-electron chi connectivity index (χ0n) is 14.3. The van der Waals surface area contributed by atoms with Crippen LogP contribution in [0.25, 0.3) is 0 Å². The van der Waals surface area contributed by atoms with Crippen molar-refractivity contribution in [3.8, 4) is 11.5 Å². The fraction of sp³-hybridized carbons (Fsp3) is 0.200. The third-order valence-electron chi connectivity index (χ3n) is 3.62. The second-order valence-corrected chi connectivity index (χ2v) is 5.61. The lowest BCUT2D eigenvalue weighted by Crippen LogP contribution is -2.04. The van der Waals surface area contributed by atoms with Crippen LogP contribution in [-0.2, 0) is 0 Å². The van der Waals surface area contributed by atoms with Crippen LogP contribution in [0.2, 0.25) is 0 Å². The van der Waals surface area contributed by atoms with E-state index in [-0.39, 0.29) is 0 Å². The fourth-order valence-corrected chi connectivity index (χ4v) is 2.33. The number of para-hydroxylation sites is 3. The summed E-state index contributed by atoms with van der Waals surface area (Å²) in [6.45, 7) is 3.07. The third kappa shape index (κ3) is 4.94. The Bertz CT molecular complexity index is 792. The summed E-state index contributed by atoms with van der Waals surface area (Å²) in [5.41, 5.74) is 0.851. The number of hydrogen-bond donors (Lipinski definition) is 2. The van der Waals surface area contributed by atoms with E-state index in [2.05, 4.69) is 27.5 Å². The van der Waals surface area contributed by atoms with Gasteiger partial charge in [0.15, 0.2) is 5.75 Å². The number of ether oxygens (including phenoxy) is 1. The lowest BCUT2D eigenvalue weighted by molar-refractivity contribution is 0.485. The number of rotatable bonds is 8. The molecule has 0 amide bonds. The number of hydrogen-bond acceptors (Lipinski definition) is 5. The smallest absolute Gasteiger partial charge is 0.150 e. The van der Waals surface area contributed by atoms with Crippen molar-refractivity contribution in [3.05, 3.63) is 67.0 Å². The first kappa shape index (κ1) is 16.8. The molecule has 2 N–H and O–H groups in total. The van der Waals surface area contributed by atoms with Crippen LogP contribution >= 0.6 is 0 Å². The van der Waals surface area contributed by atoms with Crippen LogP contribution in [0.5, 0.6) is 11.5 Å². The van der Waals surface area contributed by atoms with E-state index in [0.29, 0.717) is 0 Å². The summed E-state index contributed by atoms with van der Waals surface area (Å²) < 4.78 is 5.97. The average Bonchev–Trinajstić information content (AvgIpc) is 2.65. The average molecular weight is 334 g/mol. The molecule has 128 valence electrons. The van der Waals surface area contributed by atoms with Gasteiger partial charge in [0.2, 0.25) is 0 Å². The fourth-order valence-electron chi connectivity index (χ4n) is 2.33. The number of benzene rings is 2. The van der Waals surface area contributed by atoms with Crippen LogP contribution < -0.4 is 15.4 Å². The molecule has 2 aromatic carbocycles. The molecule has 0 aliphatic rings. The molecule has 3 rings (SSSR count). The molecule has 5 nitrogen and oxygen atoms in total. The number of aromatic nitrogens is 2. The van der Waals surface area contributed by atoms with Gasteiger partial charge in [-0.2, -0.15) is 0 Å². The number of unbranched alkanes of at least 4 members (excludes halogenated alkanes) is 1. The van der Waals surface area contributed by atoms with Gasteiger partial charge < -0.3 is 15.4 Å². The van der Waals surface area contributed by atoms with Crippen LogP contribution in [-0.4, -0.2) is 16.5 Å². The maximum absolute atomic E-state index is 5.97. The molecule has 0 aliphatic heterocycles. The summed E-state index contributed by atoms with van der Waals surface area (Å²) in [6.07, 6.45) is 3.81. The second-order valence-electron chi connectivity index (χ2n) is 5.61. The highest BCUT2D eigenvalue weighted by Gasteiger charge is 2.06. The Morgan fingerprint density at radius 2 is 1.68 bits per heavy atom. The molecule has 1 aromatic heterocycles. The van der Waals surface area contributed by atoms with Crippen LogP contribution in [0, 0.1) is 0 Å². The van der Waals surface area contributed by atoms with Gasteiger partial charge in [-0.15, -0.1) is 0 Å². The predicted molar refractivity (Wildman–Crippen MR) is 102 cm³/mol. The van der Waals surface area contributed by atoms with Crippen molar-refractivity contribution >= 4 is 17.3 Å². The molecule has 0 bridgehead atoms. The lowest BCUT2D eigenvalue weighted by Gasteiger charge is -2.13. The highest BCUT2D eigenvalue weighted by molar-refractivity contribution is 5.66. The summed E-state index contributed by atoms with van der Waals surface area (Å²) in [4.78, 5) is 8.54. The molecular formula is C20H22N4O. The van der Waals surface area contributed by atoms with E-state index in [4.69, 9.17) is 4.74 Å². The summed E-state index contributed by atoms with van der Waals surface area (Å²) in [5.74, 6) is 3.07. The quantitative estimate of drug-likeness (QED) is 0.553. The van der Waals surface area contributed by atoms with Crippen molar-refractivity contribution in [2.45, 2.75) is 19.8 Å². The van der Waals surface area contributed by atoms with Crippen LogP contribution in [0.1, 0.15) is 19.8 Å². The molecule has 0 fully saturated rings. The first-order valence-electron chi connectivity index (χ1n) is 8.50. The van der Waals surface area contributed by atoms with Crippen molar-refractivity contribution in [1.29, 1.82) is 0 Å². The van der Waals surface area contributed by atoms with Gasteiger partial charge in [0.05, 0.1) is 5.69 Å². The first-order valence-corrected chi connectivity index (χ1v) is 8.50. The van der Waals surface area contributed by atoms with Gasteiger partial charge in [-0.25, -0.2) is 9.97 Å². The van der Waals surface area contributed by atoms with Crippen LogP contribution in [0.3, 0.4) is 0 Å². The van der Waals surface area contributed by atoms with Crippen molar-refractivity contribution < 1.29 is 4.74 Å². The molecule has 0 atom stereocenters. The Balaban J connectivity index is 1.74. The van der Waals surface area contributed by atoms with Gasteiger partial charge in [0.1, 0.15) is 23.7 Å². The minimum atomic E-state index is 0.720. The van der Waals surface area contributed by atoms with Crippen LogP contribution in [0.4, 0.5) is 17.3 Å². The van der Waals surface area contributed by atoms with Crippen molar-refractivity contribution in [3.63, 3.8) is 0 Å². The molecule has 0 spiro atoms. The van der Waals surface area contributed by atoms with Gasteiger partial charge in [0, 0.05) is 12.6 Å². The van der Waals surface area contributed by atoms with Gasteiger partial charge in [-0.05, 0) is 30.7 Å². The highest BCUT2D eigenvalue weighted by atomic mass is 16.5. The van der Waals surface area contributed by atoms with E-state index in [9.17, 15) is 0 Å². The molecule has 0 saturated carbocycles. The van der Waals surface area contributed by atoms with Gasteiger partial charge in [0.25, 0.3) is 0 Å². The zero-order valence-corrected chi connectivity index (χ0v) is 14.3. The maximum atomic E-state index is 5.97. The molecular weight excluding hydrogens is 312 g/mol. The minimum Gasteiger partial charge on any atom is -0.455 e. The van der Waals surface area contributed by atoms with E-state index in [1.807, 2.05) is 60.7 Å². The summed E-state index contributed by atoms with van der Waals surface area (Å²) in [6, 6.07) is 19.4. The van der Waals surface area contributed by atoms with E-state index in [1.165, 1.54) is 0 Å². The van der Waals surface area contributed by atoms with Gasteiger partial charge in [-0.3, -0.25) is 0 Å². The Morgan fingerprint density at radius 1 is 0.920 bits per heavy atom. The summed E-state index contributed by atoms with van der Waals surface area (Å²) in [7, 11) is 0. The molecule has 0 aliphatic carbocycles. The van der Waals surface area contributed by atoms with Crippen molar-refractivity contribution in [2.75, 3.05) is 17.2 Å². The SMILES string of the molecule is CCCCNc1cc(Nc2ccccc2Oc2ccccc2)ncn1. The largest absolute Gasteiger partial charge is 0.455 e. The van der Waals surface area contributed by atoms with Crippen LogP contribution in [0.15, 0.2) is 67.0 Å². The Morgan fingerprint density at radius 3 is 2.52 bits per heavy atom. The van der Waals surface area contributed by atoms with Gasteiger partial charge >= 0.3 is 0 Å².